The SMILES string of the molecule is Cc1nc(-c2ccc(Cl)cc2)sc1C(C)NCC(C)CCO. The van der Waals surface area contributed by atoms with E-state index in [1.165, 1.54) is 4.88 Å². The zero-order valence-electron chi connectivity index (χ0n) is 13.3. The zero-order valence-corrected chi connectivity index (χ0v) is 14.8. The minimum absolute atomic E-state index is 0.248. The zero-order chi connectivity index (χ0) is 16.1. The van der Waals surface area contributed by atoms with E-state index < -0.39 is 0 Å². The number of hydrogen-bond acceptors (Lipinski definition) is 4. The van der Waals surface area contributed by atoms with Crippen LogP contribution in [0.15, 0.2) is 24.3 Å². The van der Waals surface area contributed by atoms with Crippen LogP contribution >= 0.6 is 22.9 Å². The summed E-state index contributed by atoms with van der Waals surface area (Å²) in [4.78, 5) is 5.96. The van der Waals surface area contributed by atoms with Crippen LogP contribution in [0.3, 0.4) is 0 Å². The second kappa shape index (κ2) is 8.06. The topological polar surface area (TPSA) is 45.2 Å². The van der Waals surface area contributed by atoms with Crippen molar-refractivity contribution < 1.29 is 5.11 Å². The number of aliphatic hydroxyl groups is 1. The summed E-state index contributed by atoms with van der Waals surface area (Å²) in [5.41, 5.74) is 2.18. The number of aryl methyl sites for hydroxylation is 1. The number of nitrogens with zero attached hydrogens (tertiary/aromatic N) is 1. The Bertz CT molecular complexity index is 597. The Hall–Kier alpha value is -0.940. The van der Waals surface area contributed by atoms with Crippen molar-refractivity contribution in [3.63, 3.8) is 0 Å². The van der Waals surface area contributed by atoms with Gasteiger partial charge in [0.25, 0.3) is 0 Å². The molecule has 3 nitrogen and oxygen atoms in total. The lowest BCUT2D eigenvalue weighted by atomic mass is 10.1. The van der Waals surface area contributed by atoms with Crippen molar-refractivity contribution in [1.29, 1.82) is 0 Å². The average Bonchev–Trinajstić information content (AvgIpc) is 2.88. The Labute approximate surface area is 141 Å². The predicted molar refractivity (Wildman–Crippen MR) is 94.6 cm³/mol. The normalized spacial score (nSPS) is 14.0. The molecule has 1 heterocycles. The van der Waals surface area contributed by atoms with Crippen LogP contribution in [-0.2, 0) is 0 Å². The quantitative estimate of drug-likeness (QED) is 0.784. The van der Waals surface area contributed by atoms with Crippen LogP contribution in [0, 0.1) is 12.8 Å². The Balaban J connectivity index is 2.07. The third-order valence-corrected chi connectivity index (χ3v) is 5.35. The summed E-state index contributed by atoms with van der Waals surface area (Å²) in [6.07, 6.45) is 0.831. The van der Waals surface area contributed by atoms with Crippen LogP contribution in [0.1, 0.15) is 36.9 Å². The number of thiazole rings is 1. The number of rotatable bonds is 7. The van der Waals surface area contributed by atoms with Crippen LogP contribution in [0.2, 0.25) is 5.02 Å². The molecule has 0 fully saturated rings. The summed E-state index contributed by atoms with van der Waals surface area (Å²) in [6.45, 7) is 7.51. The van der Waals surface area contributed by atoms with Gasteiger partial charge in [0, 0.05) is 28.1 Å². The fourth-order valence-electron chi connectivity index (χ4n) is 2.32. The lowest BCUT2D eigenvalue weighted by Crippen LogP contribution is -2.24. The Morgan fingerprint density at radius 3 is 2.59 bits per heavy atom. The van der Waals surface area contributed by atoms with E-state index in [0.717, 1.165) is 34.3 Å². The fraction of sp³-hybridized carbons (Fsp3) is 0.471. The van der Waals surface area contributed by atoms with E-state index >= 15 is 0 Å². The molecule has 2 unspecified atom stereocenters. The molecule has 0 aliphatic carbocycles. The molecule has 2 N–H and O–H groups in total. The number of nitrogens with one attached hydrogen (secondary N) is 1. The summed E-state index contributed by atoms with van der Waals surface area (Å²) < 4.78 is 0. The van der Waals surface area contributed by atoms with Crippen molar-refractivity contribution in [2.75, 3.05) is 13.2 Å². The van der Waals surface area contributed by atoms with Crippen LogP contribution in [0.5, 0.6) is 0 Å². The largest absolute Gasteiger partial charge is 0.396 e. The maximum atomic E-state index is 8.97. The first kappa shape index (κ1) is 17.4. The van der Waals surface area contributed by atoms with Gasteiger partial charge in [-0.3, -0.25) is 0 Å². The van der Waals surface area contributed by atoms with Gasteiger partial charge >= 0.3 is 0 Å². The fourth-order valence-corrected chi connectivity index (χ4v) is 3.54. The van der Waals surface area contributed by atoms with Crippen LogP contribution < -0.4 is 5.32 Å². The maximum Gasteiger partial charge on any atom is 0.123 e. The molecule has 0 aliphatic heterocycles. The molecule has 0 saturated carbocycles. The molecule has 1 aromatic heterocycles. The van der Waals surface area contributed by atoms with Gasteiger partial charge in [-0.25, -0.2) is 4.98 Å². The maximum absolute atomic E-state index is 8.97. The Morgan fingerprint density at radius 2 is 1.95 bits per heavy atom. The summed E-state index contributed by atoms with van der Waals surface area (Å²) in [5, 5.41) is 14.3. The van der Waals surface area contributed by atoms with Gasteiger partial charge in [0.1, 0.15) is 5.01 Å². The lowest BCUT2D eigenvalue weighted by molar-refractivity contribution is 0.258. The molecule has 0 saturated heterocycles. The smallest absolute Gasteiger partial charge is 0.123 e. The van der Waals surface area contributed by atoms with Gasteiger partial charge in [-0.05, 0) is 44.9 Å². The van der Waals surface area contributed by atoms with Gasteiger partial charge < -0.3 is 10.4 Å². The van der Waals surface area contributed by atoms with E-state index in [-0.39, 0.29) is 12.6 Å². The number of halogens is 1. The van der Waals surface area contributed by atoms with Crippen molar-refractivity contribution in [3.8, 4) is 10.6 Å². The predicted octanol–water partition coefficient (Wildman–Crippen LogP) is 4.44. The van der Waals surface area contributed by atoms with Gasteiger partial charge in [0.05, 0.1) is 5.69 Å². The van der Waals surface area contributed by atoms with Gasteiger partial charge in [-0.2, -0.15) is 0 Å². The molecule has 0 amide bonds. The summed E-state index contributed by atoms with van der Waals surface area (Å²) in [7, 11) is 0. The third-order valence-electron chi connectivity index (χ3n) is 3.71. The van der Waals surface area contributed by atoms with Gasteiger partial charge in [-0.1, -0.05) is 30.7 Å². The molecule has 1 aromatic carbocycles. The Morgan fingerprint density at radius 1 is 1.27 bits per heavy atom. The van der Waals surface area contributed by atoms with E-state index in [1.807, 2.05) is 24.3 Å². The molecular formula is C17H23ClN2OS. The highest BCUT2D eigenvalue weighted by molar-refractivity contribution is 7.15. The first-order valence-corrected chi connectivity index (χ1v) is 8.78. The lowest BCUT2D eigenvalue weighted by Gasteiger charge is -2.16. The highest BCUT2D eigenvalue weighted by Gasteiger charge is 2.15. The number of benzene rings is 1. The van der Waals surface area contributed by atoms with Crippen LogP contribution in [0.4, 0.5) is 0 Å². The highest BCUT2D eigenvalue weighted by atomic mass is 35.5. The molecule has 0 spiro atoms. The minimum Gasteiger partial charge on any atom is -0.396 e. The van der Waals surface area contributed by atoms with Gasteiger partial charge in [0.15, 0.2) is 0 Å². The van der Waals surface area contributed by atoms with Gasteiger partial charge in [-0.15, -0.1) is 11.3 Å². The molecule has 0 radical (unpaired) electrons. The van der Waals surface area contributed by atoms with E-state index in [0.29, 0.717) is 5.92 Å². The van der Waals surface area contributed by atoms with E-state index in [1.54, 1.807) is 11.3 Å². The molecule has 2 atom stereocenters. The van der Waals surface area contributed by atoms with Crippen molar-refractivity contribution >= 4 is 22.9 Å². The molecule has 0 aliphatic rings. The summed E-state index contributed by atoms with van der Waals surface area (Å²) in [5.74, 6) is 0.469. The number of aliphatic hydroxyl groups excluding tert-OH is 1. The second-order valence-corrected chi connectivity index (χ2v) is 7.19. The van der Waals surface area contributed by atoms with Crippen molar-refractivity contribution in [2.24, 2.45) is 5.92 Å². The monoisotopic (exact) mass is 338 g/mol. The summed E-state index contributed by atoms with van der Waals surface area (Å²) in [6, 6.07) is 8.06. The second-order valence-electron chi connectivity index (χ2n) is 5.72. The molecule has 5 heteroatoms. The number of hydrogen-bond donors (Lipinski definition) is 2. The van der Waals surface area contributed by atoms with Crippen molar-refractivity contribution in [2.45, 2.75) is 33.2 Å². The third kappa shape index (κ3) is 4.53. The van der Waals surface area contributed by atoms with Crippen LogP contribution in [0.25, 0.3) is 10.6 Å². The molecule has 0 bridgehead atoms. The van der Waals surface area contributed by atoms with Crippen molar-refractivity contribution in [3.05, 3.63) is 39.9 Å². The molecule has 22 heavy (non-hydrogen) atoms. The average molecular weight is 339 g/mol. The first-order chi connectivity index (χ1) is 10.5. The van der Waals surface area contributed by atoms with E-state index in [9.17, 15) is 0 Å². The van der Waals surface area contributed by atoms with Gasteiger partial charge in [0.2, 0.25) is 0 Å². The molecule has 120 valence electrons. The number of aromatic nitrogens is 1. The first-order valence-electron chi connectivity index (χ1n) is 7.58. The standard InChI is InChI=1S/C17H23ClN2OS/c1-11(8-9-21)10-19-12(2)16-13(3)20-17(22-16)14-4-6-15(18)7-5-14/h4-7,11-12,19,21H,8-10H2,1-3H3. The molecule has 2 rings (SSSR count). The van der Waals surface area contributed by atoms with Crippen LogP contribution in [-0.4, -0.2) is 23.2 Å². The summed E-state index contributed by atoms with van der Waals surface area (Å²) >= 11 is 7.66. The minimum atomic E-state index is 0.248. The molecule has 2 aromatic rings. The van der Waals surface area contributed by atoms with E-state index in [4.69, 9.17) is 21.7 Å². The Kier molecular flexibility index (Phi) is 6.38. The van der Waals surface area contributed by atoms with Crippen molar-refractivity contribution in [1.82, 2.24) is 10.3 Å². The highest BCUT2D eigenvalue weighted by Crippen LogP contribution is 2.32. The molecular weight excluding hydrogens is 316 g/mol. The van der Waals surface area contributed by atoms with E-state index in [2.05, 4.69) is 26.1 Å².